The summed E-state index contributed by atoms with van der Waals surface area (Å²) in [6.07, 6.45) is 5.18. The van der Waals surface area contributed by atoms with Crippen molar-refractivity contribution in [3.05, 3.63) is 62.3 Å². The average Bonchev–Trinajstić information content (AvgIpc) is 3.01. The molecule has 2 amide bonds. The van der Waals surface area contributed by atoms with Crippen LogP contribution < -0.4 is 10.7 Å². The lowest BCUT2D eigenvalue weighted by atomic mass is 9.79. The molecule has 9 heteroatoms. The smallest absolute Gasteiger partial charge is 0.275 e. The van der Waals surface area contributed by atoms with Crippen LogP contribution in [0.15, 0.2) is 29.2 Å². The summed E-state index contributed by atoms with van der Waals surface area (Å²) in [5.41, 5.74) is -1.42. The zero-order valence-corrected chi connectivity index (χ0v) is 17.4. The van der Waals surface area contributed by atoms with Crippen molar-refractivity contribution >= 4 is 23.4 Å². The summed E-state index contributed by atoms with van der Waals surface area (Å²) >= 11 is 5.76. The molecule has 1 saturated carbocycles. The minimum absolute atomic E-state index is 0.0667. The van der Waals surface area contributed by atoms with E-state index in [4.69, 9.17) is 11.6 Å². The number of carbonyl (C=O) groups excluding carboxylic acids is 2. The van der Waals surface area contributed by atoms with E-state index < -0.39 is 22.9 Å². The molecule has 0 radical (unpaired) electrons. The van der Waals surface area contributed by atoms with Gasteiger partial charge in [-0.25, -0.2) is 4.39 Å². The van der Waals surface area contributed by atoms with Crippen molar-refractivity contribution in [2.45, 2.75) is 44.3 Å². The Morgan fingerprint density at radius 2 is 2.16 bits per heavy atom. The summed E-state index contributed by atoms with van der Waals surface area (Å²) in [4.78, 5) is 40.3. The summed E-state index contributed by atoms with van der Waals surface area (Å²) in [5.74, 6) is -2.06. The van der Waals surface area contributed by atoms with E-state index in [-0.39, 0.29) is 39.8 Å². The lowest BCUT2D eigenvalue weighted by molar-refractivity contribution is 0.0419. The first-order valence-electron chi connectivity index (χ1n) is 10.3. The SMILES string of the molecule is O=C(NCc1cccc(Cl)c1F)c1cn2c(c(O)c1=O)C(=O)N1CC3CCCC1(C3)C2. The predicted octanol–water partition coefficient (Wildman–Crippen LogP) is 2.67. The van der Waals surface area contributed by atoms with E-state index >= 15 is 0 Å². The number of carbonyl (C=O) groups is 2. The molecule has 5 rings (SSSR count). The van der Waals surface area contributed by atoms with Crippen molar-refractivity contribution in [3.8, 4) is 5.75 Å². The van der Waals surface area contributed by atoms with Gasteiger partial charge in [-0.3, -0.25) is 14.4 Å². The topological polar surface area (TPSA) is 91.6 Å². The number of hydrogen-bond donors (Lipinski definition) is 2. The van der Waals surface area contributed by atoms with Crippen molar-refractivity contribution in [1.29, 1.82) is 0 Å². The quantitative estimate of drug-likeness (QED) is 0.759. The molecule has 1 aromatic heterocycles. The Balaban J connectivity index is 1.47. The number of aromatic hydroxyl groups is 1. The predicted molar refractivity (Wildman–Crippen MR) is 111 cm³/mol. The standard InChI is InChI=1S/C22H21ClFN3O4/c23-15-5-1-4-13(16(15)24)8-25-20(30)14-10-26-11-22-6-2-3-12(7-22)9-27(22)21(31)17(26)19(29)18(14)28/h1,4-5,10,12,29H,2-3,6-9,11H2,(H,25,30). The first-order valence-corrected chi connectivity index (χ1v) is 10.7. The van der Waals surface area contributed by atoms with Gasteiger partial charge in [-0.1, -0.05) is 30.2 Å². The van der Waals surface area contributed by atoms with Gasteiger partial charge in [-0.05, 0) is 31.2 Å². The van der Waals surface area contributed by atoms with Gasteiger partial charge >= 0.3 is 0 Å². The highest BCUT2D eigenvalue weighted by Gasteiger charge is 2.53. The van der Waals surface area contributed by atoms with Gasteiger partial charge in [-0.15, -0.1) is 0 Å². The molecule has 2 N–H and O–H groups in total. The van der Waals surface area contributed by atoms with Crippen LogP contribution in [-0.4, -0.2) is 38.5 Å². The fourth-order valence-electron chi connectivity index (χ4n) is 5.40. The third-order valence-electron chi connectivity index (χ3n) is 6.82. The van der Waals surface area contributed by atoms with Crippen molar-refractivity contribution in [2.75, 3.05) is 6.54 Å². The Bertz CT molecular complexity index is 1180. The molecule has 31 heavy (non-hydrogen) atoms. The highest BCUT2D eigenvalue weighted by atomic mass is 35.5. The Morgan fingerprint density at radius 3 is 2.97 bits per heavy atom. The average molecular weight is 446 g/mol. The van der Waals surface area contributed by atoms with Gasteiger partial charge < -0.3 is 19.9 Å². The number of pyridine rings is 1. The van der Waals surface area contributed by atoms with Gasteiger partial charge in [0.1, 0.15) is 11.4 Å². The van der Waals surface area contributed by atoms with Crippen LogP contribution in [0.2, 0.25) is 5.02 Å². The summed E-state index contributed by atoms with van der Waals surface area (Å²) in [7, 11) is 0. The van der Waals surface area contributed by atoms with E-state index in [0.29, 0.717) is 19.0 Å². The second kappa shape index (κ2) is 7.09. The molecule has 3 aliphatic rings. The van der Waals surface area contributed by atoms with E-state index in [1.54, 1.807) is 11.0 Å². The van der Waals surface area contributed by atoms with E-state index in [9.17, 15) is 23.9 Å². The number of nitrogens with one attached hydrogen (secondary N) is 1. The van der Waals surface area contributed by atoms with E-state index in [1.807, 2.05) is 0 Å². The van der Waals surface area contributed by atoms with E-state index in [1.165, 1.54) is 22.9 Å². The maximum atomic E-state index is 14.1. The summed E-state index contributed by atoms with van der Waals surface area (Å²) in [5, 5.41) is 13.0. The number of hydrogen-bond acceptors (Lipinski definition) is 4. The first-order chi connectivity index (χ1) is 14.8. The molecule has 2 unspecified atom stereocenters. The van der Waals surface area contributed by atoms with Crippen LogP contribution in [0.4, 0.5) is 4.39 Å². The zero-order chi connectivity index (χ0) is 21.9. The van der Waals surface area contributed by atoms with Gasteiger partial charge in [0, 0.05) is 31.4 Å². The lowest BCUT2D eigenvalue weighted by Gasteiger charge is -2.44. The fraction of sp³-hybridized carbons (Fsp3) is 0.409. The number of fused-ring (bicyclic) bond motifs is 2. The van der Waals surface area contributed by atoms with Gasteiger partial charge in [0.05, 0.1) is 10.6 Å². The summed E-state index contributed by atoms with van der Waals surface area (Å²) in [6.45, 7) is 0.896. The van der Waals surface area contributed by atoms with Gasteiger partial charge in [0.2, 0.25) is 5.43 Å². The monoisotopic (exact) mass is 445 g/mol. The lowest BCUT2D eigenvalue weighted by Crippen LogP contribution is -2.55. The molecule has 1 saturated heterocycles. The van der Waals surface area contributed by atoms with Gasteiger partial charge in [0.25, 0.3) is 11.8 Å². The van der Waals surface area contributed by atoms with E-state index in [2.05, 4.69) is 5.32 Å². The van der Waals surface area contributed by atoms with Crippen molar-refractivity contribution < 1.29 is 19.1 Å². The first kappa shape index (κ1) is 20.1. The molecular weight excluding hydrogens is 425 g/mol. The molecule has 2 bridgehead atoms. The highest BCUT2D eigenvalue weighted by molar-refractivity contribution is 6.30. The third-order valence-corrected chi connectivity index (χ3v) is 7.11. The van der Waals surface area contributed by atoms with Crippen LogP contribution >= 0.6 is 11.6 Å². The van der Waals surface area contributed by atoms with Crippen LogP contribution in [0.25, 0.3) is 0 Å². The second-order valence-electron chi connectivity index (χ2n) is 8.70. The minimum Gasteiger partial charge on any atom is -0.503 e. The van der Waals surface area contributed by atoms with Crippen LogP contribution in [-0.2, 0) is 13.1 Å². The van der Waals surface area contributed by atoms with Crippen LogP contribution in [0.3, 0.4) is 0 Å². The normalized spacial score (nSPS) is 24.0. The Hall–Kier alpha value is -2.87. The number of aromatic nitrogens is 1. The Labute approximate surface area is 182 Å². The minimum atomic E-state index is -0.915. The third kappa shape index (κ3) is 3.04. The van der Waals surface area contributed by atoms with Gasteiger partial charge in [-0.2, -0.15) is 0 Å². The zero-order valence-electron chi connectivity index (χ0n) is 16.7. The molecule has 162 valence electrons. The molecule has 2 aromatic rings. The Kier molecular flexibility index (Phi) is 4.58. The molecule has 2 aliphatic heterocycles. The van der Waals surface area contributed by atoms with Crippen molar-refractivity contribution in [1.82, 2.24) is 14.8 Å². The number of halogens is 2. The molecule has 2 atom stereocenters. The molecule has 3 heterocycles. The molecule has 1 aromatic carbocycles. The molecule has 7 nitrogen and oxygen atoms in total. The largest absolute Gasteiger partial charge is 0.503 e. The van der Waals surface area contributed by atoms with Crippen LogP contribution in [0, 0.1) is 11.7 Å². The number of amides is 2. The van der Waals surface area contributed by atoms with Gasteiger partial charge in [0.15, 0.2) is 11.4 Å². The van der Waals surface area contributed by atoms with Crippen LogP contribution in [0.5, 0.6) is 5.75 Å². The van der Waals surface area contributed by atoms with Crippen molar-refractivity contribution in [3.63, 3.8) is 0 Å². The summed E-state index contributed by atoms with van der Waals surface area (Å²) < 4.78 is 15.6. The number of benzene rings is 1. The number of nitrogens with zero attached hydrogens (tertiary/aromatic N) is 2. The molecule has 1 spiro atoms. The number of rotatable bonds is 3. The van der Waals surface area contributed by atoms with Crippen molar-refractivity contribution in [2.24, 2.45) is 5.92 Å². The molecule has 2 fully saturated rings. The van der Waals surface area contributed by atoms with E-state index in [0.717, 1.165) is 25.7 Å². The molecular formula is C22H21ClFN3O4. The second-order valence-corrected chi connectivity index (χ2v) is 9.10. The maximum absolute atomic E-state index is 14.1. The van der Waals surface area contributed by atoms with Crippen LogP contribution in [0.1, 0.15) is 52.1 Å². The molecule has 1 aliphatic carbocycles. The fourth-order valence-corrected chi connectivity index (χ4v) is 5.60. The Morgan fingerprint density at radius 1 is 1.35 bits per heavy atom. The summed E-state index contributed by atoms with van der Waals surface area (Å²) in [6, 6.07) is 4.43. The maximum Gasteiger partial charge on any atom is 0.275 e. The highest BCUT2D eigenvalue weighted by Crippen LogP contribution is 2.48.